The number of unbranched alkanes of at least 4 members (excludes halogenated alkanes) is 3. The predicted molar refractivity (Wildman–Crippen MR) is 86.3 cm³/mol. The molecular formula is C17H31LiNO5+. The summed E-state index contributed by atoms with van der Waals surface area (Å²) in [5.74, 6) is -2.37. The van der Waals surface area contributed by atoms with Crippen molar-refractivity contribution in [1.29, 1.82) is 0 Å². The molecule has 0 aromatic carbocycles. The van der Waals surface area contributed by atoms with E-state index in [0.717, 1.165) is 19.3 Å². The first-order valence-electron chi connectivity index (χ1n) is 8.43. The second-order valence-corrected chi connectivity index (χ2v) is 5.89. The van der Waals surface area contributed by atoms with E-state index in [4.69, 9.17) is 0 Å². The molecule has 0 aliphatic carbocycles. The largest absolute Gasteiger partial charge is 1.00 e. The molecule has 0 saturated heterocycles. The third kappa shape index (κ3) is 6.98. The van der Waals surface area contributed by atoms with Crippen LogP contribution in [0, 0.1) is 0 Å². The number of carboxylic acids is 2. The Bertz CT molecular complexity index is 378. The van der Waals surface area contributed by atoms with Crippen LogP contribution in [0.2, 0.25) is 0 Å². The number of quaternary nitrogens is 1. The zero-order chi connectivity index (χ0) is 17.9. The first-order chi connectivity index (χ1) is 10.9. The van der Waals surface area contributed by atoms with Gasteiger partial charge in [-0.25, -0.2) is 4.79 Å². The standard InChI is InChI=1S/C17H31NO5.Li/c1-4-7-8-9-10-11-12-18(13-19,14(5-2)16(20)21)15(6-3)17(22)23;/h4,7,14-15,19H,5-6,8-13H2,1-3H3,(H-,20,21,22,23);/q;+1/b7-4+;. The van der Waals surface area contributed by atoms with E-state index >= 15 is 0 Å². The molecule has 0 amide bonds. The molecule has 0 spiro atoms. The van der Waals surface area contributed by atoms with Crippen LogP contribution in [0.25, 0.3) is 0 Å². The molecule has 0 aromatic rings. The number of rotatable bonds is 13. The van der Waals surface area contributed by atoms with Gasteiger partial charge < -0.3 is 20.1 Å². The number of allylic oxidation sites excluding steroid dienone is 2. The molecule has 7 heteroatoms. The number of carbonyl (C=O) groups excluding carboxylic acids is 1. The molecule has 0 saturated carbocycles. The van der Waals surface area contributed by atoms with Crippen LogP contribution in [0.15, 0.2) is 12.2 Å². The molecule has 0 heterocycles. The number of hydrogen-bond acceptors (Lipinski definition) is 4. The van der Waals surface area contributed by atoms with Crippen LogP contribution >= 0.6 is 0 Å². The second-order valence-electron chi connectivity index (χ2n) is 5.89. The molecule has 0 bridgehead atoms. The van der Waals surface area contributed by atoms with E-state index in [-0.39, 0.29) is 36.2 Å². The first kappa shape index (κ1) is 25.4. The summed E-state index contributed by atoms with van der Waals surface area (Å²) >= 11 is 0. The first-order valence-corrected chi connectivity index (χ1v) is 8.43. The van der Waals surface area contributed by atoms with Gasteiger partial charge in [-0.2, -0.15) is 0 Å². The summed E-state index contributed by atoms with van der Waals surface area (Å²) in [7, 11) is 0. The van der Waals surface area contributed by atoms with Crippen LogP contribution < -0.4 is 24.0 Å². The summed E-state index contributed by atoms with van der Waals surface area (Å²) in [4.78, 5) is 23.1. The Kier molecular flexibility index (Phi) is 14.3. The van der Waals surface area contributed by atoms with E-state index in [1.54, 1.807) is 13.8 Å². The SMILES string of the molecule is C/C=C/CCCCC[N+](CO)(C(CC)C(=O)[O-])C(CC)C(=O)O.[Li+]. The molecule has 0 aliphatic heterocycles. The van der Waals surface area contributed by atoms with Gasteiger partial charge in [0.15, 0.2) is 12.8 Å². The van der Waals surface area contributed by atoms with E-state index in [0.29, 0.717) is 13.0 Å². The van der Waals surface area contributed by atoms with Crippen molar-refractivity contribution < 1.29 is 48.3 Å². The minimum atomic E-state index is -1.30. The average molecular weight is 336 g/mol. The molecule has 24 heavy (non-hydrogen) atoms. The van der Waals surface area contributed by atoms with Crippen LogP contribution in [0.1, 0.15) is 59.3 Å². The maximum atomic E-state index is 11.6. The number of nitrogens with zero attached hydrogens (tertiary/aromatic N) is 1. The summed E-state index contributed by atoms with van der Waals surface area (Å²) in [5.41, 5.74) is 0. The fourth-order valence-electron chi connectivity index (χ4n) is 3.31. The van der Waals surface area contributed by atoms with Crippen molar-refractivity contribution in [3.05, 3.63) is 12.2 Å². The normalized spacial score (nSPS) is 16.2. The maximum Gasteiger partial charge on any atom is 1.00 e. The zero-order valence-corrected chi connectivity index (χ0v) is 15.5. The molecule has 2 N–H and O–H groups in total. The van der Waals surface area contributed by atoms with Gasteiger partial charge in [-0.3, -0.25) is 4.48 Å². The molecule has 0 aromatic heterocycles. The van der Waals surface area contributed by atoms with Crippen LogP contribution in [0.4, 0.5) is 0 Å². The number of hydrogen-bond donors (Lipinski definition) is 2. The van der Waals surface area contributed by atoms with Crippen molar-refractivity contribution in [1.82, 2.24) is 0 Å². The van der Waals surface area contributed by atoms with Gasteiger partial charge >= 0.3 is 24.8 Å². The summed E-state index contributed by atoms with van der Waals surface area (Å²) in [5, 5.41) is 30.9. The van der Waals surface area contributed by atoms with E-state index in [9.17, 15) is 24.9 Å². The van der Waals surface area contributed by atoms with Gasteiger partial charge in [-0.05, 0) is 32.6 Å². The minimum absolute atomic E-state index is 0. The second kappa shape index (κ2) is 13.5. The summed E-state index contributed by atoms with van der Waals surface area (Å²) in [6.45, 7) is 5.16. The molecular weight excluding hydrogens is 305 g/mol. The van der Waals surface area contributed by atoms with Crippen LogP contribution in [0.3, 0.4) is 0 Å². The van der Waals surface area contributed by atoms with Gasteiger partial charge in [-0.15, -0.1) is 0 Å². The fourth-order valence-corrected chi connectivity index (χ4v) is 3.31. The Labute approximate surface area is 157 Å². The Morgan fingerprint density at radius 3 is 2.08 bits per heavy atom. The fraction of sp³-hybridized carbons (Fsp3) is 0.765. The van der Waals surface area contributed by atoms with Crippen molar-refractivity contribution in [3.63, 3.8) is 0 Å². The number of aliphatic hydroxyl groups is 1. The maximum absolute atomic E-state index is 11.6. The molecule has 0 radical (unpaired) electrons. The van der Waals surface area contributed by atoms with Gasteiger partial charge in [0, 0.05) is 12.8 Å². The summed E-state index contributed by atoms with van der Waals surface area (Å²) in [6, 6.07) is -1.96. The topological polar surface area (TPSA) is 97.7 Å². The van der Waals surface area contributed by atoms with Crippen molar-refractivity contribution in [2.24, 2.45) is 0 Å². The van der Waals surface area contributed by atoms with Gasteiger partial charge in [0.2, 0.25) is 0 Å². The summed E-state index contributed by atoms with van der Waals surface area (Å²) < 4.78 is -0.353. The molecule has 134 valence electrons. The van der Waals surface area contributed by atoms with E-state index in [1.165, 1.54) is 0 Å². The van der Waals surface area contributed by atoms with Crippen molar-refractivity contribution in [3.8, 4) is 0 Å². The Morgan fingerprint density at radius 2 is 1.71 bits per heavy atom. The number of aliphatic hydroxyl groups excluding tert-OH is 1. The molecule has 0 fully saturated rings. The Morgan fingerprint density at radius 1 is 1.12 bits per heavy atom. The molecule has 0 rings (SSSR count). The Balaban J connectivity index is 0. The third-order valence-electron chi connectivity index (χ3n) is 4.52. The van der Waals surface area contributed by atoms with Gasteiger partial charge in [0.05, 0.1) is 12.5 Å². The summed E-state index contributed by atoms with van der Waals surface area (Å²) in [6.07, 6.45) is 7.98. The molecule has 3 atom stereocenters. The average Bonchev–Trinajstić information content (AvgIpc) is 2.50. The van der Waals surface area contributed by atoms with Crippen LogP contribution in [-0.2, 0) is 9.59 Å². The molecule has 6 nitrogen and oxygen atoms in total. The molecule has 0 aliphatic rings. The van der Waals surface area contributed by atoms with Crippen LogP contribution in [0.5, 0.6) is 0 Å². The number of carboxylic acid groups (broad SMARTS) is 2. The zero-order valence-electron chi connectivity index (χ0n) is 15.5. The van der Waals surface area contributed by atoms with Crippen molar-refractivity contribution >= 4 is 11.9 Å². The van der Waals surface area contributed by atoms with E-state index < -0.39 is 30.8 Å². The minimum Gasteiger partial charge on any atom is -0.544 e. The van der Waals surface area contributed by atoms with E-state index in [1.807, 2.05) is 13.0 Å². The van der Waals surface area contributed by atoms with Gasteiger partial charge in [0.1, 0.15) is 6.04 Å². The van der Waals surface area contributed by atoms with E-state index in [2.05, 4.69) is 6.08 Å². The van der Waals surface area contributed by atoms with Gasteiger partial charge in [0.25, 0.3) is 0 Å². The quantitative estimate of drug-likeness (QED) is 0.137. The van der Waals surface area contributed by atoms with Crippen LogP contribution in [-0.4, -0.2) is 52.0 Å². The Hall–Kier alpha value is -0.803. The smallest absolute Gasteiger partial charge is 0.544 e. The monoisotopic (exact) mass is 336 g/mol. The third-order valence-corrected chi connectivity index (χ3v) is 4.52. The van der Waals surface area contributed by atoms with Crippen molar-refractivity contribution in [2.45, 2.75) is 71.4 Å². The predicted octanol–water partition coefficient (Wildman–Crippen LogP) is -1.71. The number of carbonyl (C=O) groups is 2. The molecule has 3 unspecified atom stereocenters. The van der Waals surface area contributed by atoms with Crippen molar-refractivity contribution in [2.75, 3.05) is 13.3 Å². The van der Waals surface area contributed by atoms with Gasteiger partial charge in [-0.1, -0.05) is 26.0 Å². The number of aliphatic carboxylic acids is 2.